The van der Waals surface area contributed by atoms with Crippen LogP contribution in [0.1, 0.15) is 25.0 Å². The van der Waals surface area contributed by atoms with Crippen molar-refractivity contribution in [2.45, 2.75) is 37.8 Å². The summed E-state index contributed by atoms with van der Waals surface area (Å²) in [7, 11) is -2.36. The number of benzene rings is 3. The van der Waals surface area contributed by atoms with E-state index in [0.717, 1.165) is 22.0 Å². The summed E-state index contributed by atoms with van der Waals surface area (Å²) in [6.07, 6.45) is 2.62. The molecule has 0 atom stereocenters. The van der Waals surface area contributed by atoms with Gasteiger partial charge in [-0.3, -0.25) is 4.79 Å². The first-order chi connectivity index (χ1) is 17.8. The molecule has 194 valence electrons. The third kappa shape index (κ3) is 6.21. The van der Waals surface area contributed by atoms with Gasteiger partial charge in [0.05, 0.1) is 18.6 Å². The summed E-state index contributed by atoms with van der Waals surface area (Å²) < 4.78 is 33.4. The lowest BCUT2D eigenvalue weighted by atomic mass is 10.1. The Balaban J connectivity index is 1.57. The van der Waals surface area contributed by atoms with Crippen LogP contribution in [0.3, 0.4) is 0 Å². The lowest BCUT2D eigenvalue weighted by molar-refractivity contribution is -0.132. The summed E-state index contributed by atoms with van der Waals surface area (Å²) in [5.41, 5.74) is 3.16. The lowest BCUT2D eigenvalue weighted by Gasteiger charge is -2.29. The smallest absolute Gasteiger partial charge is 0.243 e. The quantitative estimate of drug-likeness (QED) is 0.307. The summed E-state index contributed by atoms with van der Waals surface area (Å²) in [6, 6.07) is 23.6. The number of aromatic nitrogens is 1. The van der Waals surface area contributed by atoms with Crippen molar-refractivity contribution >= 4 is 26.8 Å². The van der Waals surface area contributed by atoms with E-state index < -0.39 is 16.1 Å². The van der Waals surface area contributed by atoms with Gasteiger partial charge in [-0.1, -0.05) is 48.5 Å². The monoisotopic (exact) mass is 519 g/mol. The largest absolute Gasteiger partial charge is 0.497 e. The number of hydrogen-bond acceptors (Lipinski definition) is 4. The maximum absolute atomic E-state index is 13.7. The summed E-state index contributed by atoms with van der Waals surface area (Å²) >= 11 is 0. The second-order valence-corrected chi connectivity index (χ2v) is 11.1. The van der Waals surface area contributed by atoms with Gasteiger partial charge < -0.3 is 14.6 Å². The van der Waals surface area contributed by atoms with E-state index in [2.05, 4.69) is 11.1 Å². The summed E-state index contributed by atoms with van der Waals surface area (Å²) in [5, 5.41) is 1.13. The minimum absolute atomic E-state index is 0.128. The van der Waals surface area contributed by atoms with Gasteiger partial charge >= 0.3 is 0 Å². The Hall–Kier alpha value is -3.62. The average molecular weight is 520 g/mol. The number of hydrogen-bond donors (Lipinski definition) is 1. The van der Waals surface area contributed by atoms with Gasteiger partial charge in [0, 0.05) is 36.2 Å². The molecular weight excluding hydrogens is 486 g/mol. The van der Waals surface area contributed by atoms with Crippen molar-refractivity contribution in [3.8, 4) is 5.75 Å². The molecule has 3 aromatic carbocycles. The molecule has 0 aliphatic heterocycles. The molecule has 4 rings (SSSR count). The van der Waals surface area contributed by atoms with E-state index in [4.69, 9.17) is 4.74 Å². The van der Waals surface area contributed by atoms with Gasteiger partial charge in [0.2, 0.25) is 15.9 Å². The third-order valence-electron chi connectivity index (χ3n) is 6.43. The molecule has 37 heavy (non-hydrogen) atoms. The Labute approximate surface area is 218 Å². The van der Waals surface area contributed by atoms with Gasteiger partial charge in [0.15, 0.2) is 0 Å². The topological polar surface area (TPSA) is 82.7 Å². The van der Waals surface area contributed by atoms with E-state index in [-0.39, 0.29) is 17.3 Å². The number of methoxy groups -OCH3 is 1. The zero-order valence-electron chi connectivity index (χ0n) is 21.4. The van der Waals surface area contributed by atoms with Crippen LogP contribution in [-0.4, -0.2) is 54.8 Å². The van der Waals surface area contributed by atoms with E-state index in [1.54, 1.807) is 30.9 Å². The molecule has 4 aromatic rings. The highest BCUT2D eigenvalue weighted by Crippen LogP contribution is 2.22. The lowest BCUT2D eigenvalue weighted by Crippen LogP contribution is -2.46. The number of para-hydroxylation sites is 1. The van der Waals surface area contributed by atoms with Crippen LogP contribution in [0, 0.1) is 0 Å². The minimum atomic E-state index is -3.89. The van der Waals surface area contributed by atoms with E-state index in [1.807, 2.05) is 54.7 Å². The Morgan fingerprint density at radius 3 is 2.30 bits per heavy atom. The number of aromatic amines is 1. The highest BCUT2D eigenvalue weighted by atomic mass is 32.2. The van der Waals surface area contributed by atoms with Crippen LogP contribution < -0.4 is 4.74 Å². The van der Waals surface area contributed by atoms with Crippen LogP contribution in [0.25, 0.3) is 10.9 Å². The predicted octanol–water partition coefficient (Wildman–Crippen LogP) is 4.85. The third-order valence-corrected chi connectivity index (χ3v) is 8.46. The number of nitrogens with zero attached hydrogens (tertiary/aromatic N) is 2. The predicted molar refractivity (Wildman–Crippen MR) is 146 cm³/mol. The fourth-order valence-corrected chi connectivity index (χ4v) is 5.94. The van der Waals surface area contributed by atoms with Crippen molar-refractivity contribution in [1.82, 2.24) is 14.2 Å². The maximum atomic E-state index is 13.7. The minimum Gasteiger partial charge on any atom is -0.497 e. The Bertz CT molecular complexity index is 1430. The fourth-order valence-electron chi connectivity index (χ4n) is 4.35. The second-order valence-electron chi connectivity index (χ2n) is 9.23. The Morgan fingerprint density at radius 1 is 0.946 bits per heavy atom. The molecule has 1 heterocycles. The first-order valence-corrected chi connectivity index (χ1v) is 13.8. The molecule has 0 fully saturated rings. The number of rotatable bonds is 11. The number of fused-ring (bicyclic) bond motifs is 1. The first-order valence-electron chi connectivity index (χ1n) is 12.3. The molecule has 1 aromatic heterocycles. The molecule has 1 N–H and O–H groups in total. The molecule has 7 nitrogen and oxygen atoms in total. The molecule has 8 heteroatoms. The van der Waals surface area contributed by atoms with Crippen molar-refractivity contribution in [1.29, 1.82) is 0 Å². The molecule has 0 aliphatic carbocycles. The summed E-state index contributed by atoms with van der Waals surface area (Å²) in [6.45, 7) is 4.18. The van der Waals surface area contributed by atoms with E-state index in [0.29, 0.717) is 25.3 Å². The zero-order chi connectivity index (χ0) is 26.4. The molecule has 1 amide bonds. The molecule has 0 aliphatic rings. The van der Waals surface area contributed by atoms with E-state index >= 15 is 0 Å². The standard InChI is InChI=1S/C29H33N3O4S/c1-22(2)32(37(34,35)26-15-13-25(36-3)14-16-26)21-29(33)31(20-23-9-5-4-6-10-23)18-17-24-19-30-28-12-8-7-11-27(24)28/h4-16,19,22,30H,17-18,20-21H2,1-3H3. The number of carbonyl (C=O) groups excluding carboxylic acids is 1. The molecule has 0 saturated heterocycles. The van der Waals surface area contributed by atoms with Crippen molar-refractivity contribution in [2.75, 3.05) is 20.2 Å². The average Bonchev–Trinajstić information content (AvgIpc) is 3.33. The summed E-state index contributed by atoms with van der Waals surface area (Å²) in [5.74, 6) is 0.326. The van der Waals surface area contributed by atoms with E-state index in [9.17, 15) is 13.2 Å². The van der Waals surface area contributed by atoms with Gasteiger partial charge in [-0.05, 0) is 61.7 Å². The first kappa shape index (κ1) is 26.4. The number of ether oxygens (including phenoxy) is 1. The van der Waals surface area contributed by atoms with Crippen molar-refractivity contribution in [3.05, 3.63) is 96.2 Å². The van der Waals surface area contributed by atoms with Gasteiger partial charge in [0.1, 0.15) is 5.75 Å². The van der Waals surface area contributed by atoms with Crippen LogP contribution >= 0.6 is 0 Å². The Morgan fingerprint density at radius 2 is 1.62 bits per heavy atom. The Kier molecular flexibility index (Phi) is 8.31. The zero-order valence-corrected chi connectivity index (χ0v) is 22.2. The van der Waals surface area contributed by atoms with Gasteiger partial charge in [-0.2, -0.15) is 4.31 Å². The number of H-pyrrole nitrogens is 1. The molecule has 0 saturated carbocycles. The van der Waals surface area contributed by atoms with Gasteiger partial charge in [-0.25, -0.2) is 8.42 Å². The SMILES string of the molecule is COc1ccc(S(=O)(=O)N(CC(=O)N(CCc2c[nH]c3ccccc23)Cc2ccccc2)C(C)C)cc1. The number of amides is 1. The molecule has 0 radical (unpaired) electrons. The van der Waals surface area contributed by atoms with Crippen LogP contribution in [0.5, 0.6) is 5.75 Å². The number of nitrogens with one attached hydrogen (secondary N) is 1. The normalized spacial score (nSPS) is 11.8. The number of carbonyl (C=O) groups is 1. The second kappa shape index (κ2) is 11.6. The molecular formula is C29H33N3O4S. The van der Waals surface area contributed by atoms with Gasteiger partial charge in [0.25, 0.3) is 0 Å². The van der Waals surface area contributed by atoms with Crippen LogP contribution in [0.4, 0.5) is 0 Å². The van der Waals surface area contributed by atoms with Gasteiger partial charge in [-0.15, -0.1) is 0 Å². The van der Waals surface area contributed by atoms with Crippen LogP contribution in [0.15, 0.2) is 90.0 Å². The van der Waals surface area contributed by atoms with Crippen molar-refractivity contribution in [3.63, 3.8) is 0 Å². The number of sulfonamides is 1. The molecule has 0 unspecified atom stereocenters. The summed E-state index contributed by atoms with van der Waals surface area (Å²) in [4.78, 5) is 18.8. The van der Waals surface area contributed by atoms with E-state index in [1.165, 1.54) is 23.5 Å². The molecule has 0 bridgehead atoms. The van der Waals surface area contributed by atoms with Crippen molar-refractivity contribution < 1.29 is 17.9 Å². The van der Waals surface area contributed by atoms with Crippen LogP contribution in [-0.2, 0) is 27.8 Å². The molecule has 0 spiro atoms. The van der Waals surface area contributed by atoms with Crippen molar-refractivity contribution in [2.24, 2.45) is 0 Å². The maximum Gasteiger partial charge on any atom is 0.243 e. The highest BCUT2D eigenvalue weighted by Gasteiger charge is 2.31. The van der Waals surface area contributed by atoms with Crippen LogP contribution in [0.2, 0.25) is 0 Å². The fraction of sp³-hybridized carbons (Fsp3) is 0.276. The highest BCUT2D eigenvalue weighted by molar-refractivity contribution is 7.89.